The van der Waals surface area contributed by atoms with Crippen LogP contribution in [-0.2, 0) is 0 Å². The molecule has 0 spiro atoms. The summed E-state index contributed by atoms with van der Waals surface area (Å²) in [5.41, 5.74) is 7.41. The third-order valence-electron chi connectivity index (χ3n) is 5.94. The fourth-order valence-electron chi connectivity index (χ4n) is 4.37. The molecule has 1 aliphatic rings. The number of amides is 1. The number of hydrogen-bond acceptors (Lipinski definition) is 5. The van der Waals surface area contributed by atoms with Gasteiger partial charge in [0, 0.05) is 34.4 Å². The predicted molar refractivity (Wildman–Crippen MR) is 130 cm³/mol. The molecule has 7 nitrogen and oxygen atoms in total. The summed E-state index contributed by atoms with van der Waals surface area (Å²) in [7, 11) is 4.03. The molecule has 0 radical (unpaired) electrons. The van der Waals surface area contributed by atoms with Crippen LogP contribution in [0.5, 0.6) is 0 Å². The summed E-state index contributed by atoms with van der Waals surface area (Å²) < 4.78 is 0. The van der Waals surface area contributed by atoms with Crippen molar-refractivity contribution in [1.29, 1.82) is 0 Å². The Bertz CT molecular complexity index is 1390. The number of carbonyl (C=O) groups is 1. The number of fused-ring (bicyclic) bond motifs is 4. The van der Waals surface area contributed by atoms with Crippen LogP contribution >= 0.6 is 0 Å². The van der Waals surface area contributed by atoms with Crippen molar-refractivity contribution >= 4 is 22.7 Å². The molecular weight excluding hydrogens is 414 g/mol. The molecule has 0 fully saturated rings. The number of H-pyrrole nitrogens is 1. The van der Waals surface area contributed by atoms with Crippen LogP contribution in [-0.4, -0.2) is 58.9 Å². The SMILES string of the molecule is CN(C)CCCNC(=O)c1ccc2[nH]c(-c3cccc4c3-c3ccccc3C4=NO)nc2c1. The molecule has 7 heteroatoms. The van der Waals surface area contributed by atoms with Gasteiger partial charge in [0.1, 0.15) is 11.5 Å². The van der Waals surface area contributed by atoms with Gasteiger partial charge >= 0.3 is 0 Å². The Morgan fingerprint density at radius 1 is 1.03 bits per heavy atom. The van der Waals surface area contributed by atoms with Crippen LogP contribution in [0.3, 0.4) is 0 Å². The minimum absolute atomic E-state index is 0.0986. The second kappa shape index (κ2) is 8.52. The summed E-state index contributed by atoms with van der Waals surface area (Å²) in [6, 6.07) is 19.3. The van der Waals surface area contributed by atoms with Gasteiger partial charge in [-0.2, -0.15) is 0 Å². The lowest BCUT2D eigenvalue weighted by Crippen LogP contribution is -2.27. The molecule has 0 saturated heterocycles. The van der Waals surface area contributed by atoms with E-state index in [1.807, 2.05) is 74.8 Å². The van der Waals surface area contributed by atoms with Crippen molar-refractivity contribution < 1.29 is 10.0 Å². The number of carbonyl (C=O) groups excluding carboxylic acids is 1. The molecule has 1 amide bonds. The van der Waals surface area contributed by atoms with Gasteiger partial charge < -0.3 is 20.4 Å². The van der Waals surface area contributed by atoms with Crippen molar-refractivity contribution in [2.45, 2.75) is 6.42 Å². The molecule has 4 aromatic rings. The van der Waals surface area contributed by atoms with E-state index in [1.54, 1.807) is 0 Å². The fraction of sp³-hybridized carbons (Fsp3) is 0.192. The molecule has 1 heterocycles. The van der Waals surface area contributed by atoms with E-state index < -0.39 is 0 Å². The highest BCUT2D eigenvalue weighted by atomic mass is 16.4. The van der Waals surface area contributed by atoms with Crippen molar-refractivity contribution in [3.63, 3.8) is 0 Å². The zero-order valence-electron chi connectivity index (χ0n) is 18.6. The summed E-state index contributed by atoms with van der Waals surface area (Å²) in [5.74, 6) is 0.609. The van der Waals surface area contributed by atoms with Crippen molar-refractivity contribution in [2.75, 3.05) is 27.2 Å². The number of imidazole rings is 1. The maximum absolute atomic E-state index is 12.6. The van der Waals surface area contributed by atoms with Gasteiger partial charge in [-0.15, -0.1) is 0 Å². The Kier molecular flexibility index (Phi) is 5.40. The second-order valence-corrected chi connectivity index (χ2v) is 8.45. The summed E-state index contributed by atoms with van der Waals surface area (Å²) in [6.45, 7) is 1.56. The minimum Gasteiger partial charge on any atom is -0.410 e. The van der Waals surface area contributed by atoms with Crippen LogP contribution < -0.4 is 5.32 Å². The third-order valence-corrected chi connectivity index (χ3v) is 5.94. The highest BCUT2D eigenvalue weighted by Gasteiger charge is 2.28. The first-order chi connectivity index (χ1) is 16.1. The monoisotopic (exact) mass is 439 g/mol. The van der Waals surface area contributed by atoms with Crippen molar-refractivity contribution in [3.8, 4) is 22.5 Å². The van der Waals surface area contributed by atoms with E-state index in [4.69, 9.17) is 4.98 Å². The molecule has 166 valence electrons. The molecule has 0 aliphatic heterocycles. The van der Waals surface area contributed by atoms with E-state index in [0.29, 0.717) is 23.6 Å². The first-order valence-electron chi connectivity index (χ1n) is 10.9. The Labute approximate surface area is 191 Å². The number of benzene rings is 3. The molecule has 0 unspecified atom stereocenters. The molecule has 1 aliphatic carbocycles. The number of aromatic amines is 1. The Morgan fingerprint density at radius 3 is 2.58 bits per heavy atom. The van der Waals surface area contributed by atoms with Crippen LogP contribution in [0.4, 0.5) is 0 Å². The van der Waals surface area contributed by atoms with Gasteiger partial charge in [-0.25, -0.2) is 4.98 Å². The molecule has 0 saturated carbocycles. The number of nitrogens with zero attached hydrogens (tertiary/aromatic N) is 3. The Balaban J connectivity index is 1.48. The lowest BCUT2D eigenvalue weighted by molar-refractivity contribution is 0.0952. The Morgan fingerprint density at radius 2 is 1.79 bits per heavy atom. The number of hydrogen-bond donors (Lipinski definition) is 3. The molecule has 3 N–H and O–H groups in total. The molecule has 5 rings (SSSR count). The Hall–Kier alpha value is -3.97. The lowest BCUT2D eigenvalue weighted by atomic mass is 9.99. The number of aromatic nitrogens is 2. The van der Waals surface area contributed by atoms with Gasteiger partial charge in [-0.3, -0.25) is 4.79 Å². The minimum atomic E-state index is -0.0986. The van der Waals surface area contributed by atoms with Gasteiger partial charge in [0.15, 0.2) is 0 Å². The molecule has 0 atom stereocenters. The molecular formula is C26H25N5O2. The van der Waals surface area contributed by atoms with Gasteiger partial charge in [-0.05, 0) is 50.8 Å². The number of rotatable bonds is 6. The van der Waals surface area contributed by atoms with E-state index in [1.165, 1.54) is 0 Å². The third kappa shape index (κ3) is 3.76. The zero-order chi connectivity index (χ0) is 22.9. The average molecular weight is 440 g/mol. The van der Waals surface area contributed by atoms with Crippen molar-refractivity contribution in [3.05, 3.63) is 77.4 Å². The van der Waals surface area contributed by atoms with Crippen molar-refractivity contribution in [1.82, 2.24) is 20.2 Å². The molecule has 0 bridgehead atoms. The standard InChI is InChI=1S/C26H25N5O2/c1-31(2)14-6-13-27-26(32)16-11-12-21-22(15-16)29-25(28-21)20-10-5-9-19-23(20)17-7-3-4-8-18(17)24(19)30-33/h3-5,7-12,15,33H,6,13-14H2,1-2H3,(H,27,32)(H,28,29). The summed E-state index contributed by atoms with van der Waals surface area (Å²) >= 11 is 0. The fourth-order valence-corrected chi connectivity index (χ4v) is 4.37. The average Bonchev–Trinajstić information content (AvgIpc) is 3.39. The summed E-state index contributed by atoms with van der Waals surface area (Å²) in [6.07, 6.45) is 0.896. The predicted octanol–water partition coefficient (Wildman–Crippen LogP) is 4.12. The van der Waals surface area contributed by atoms with Crippen LogP contribution in [0.25, 0.3) is 33.5 Å². The van der Waals surface area contributed by atoms with E-state index in [-0.39, 0.29) is 5.91 Å². The van der Waals surface area contributed by atoms with Gasteiger partial charge in [-0.1, -0.05) is 47.6 Å². The van der Waals surface area contributed by atoms with Gasteiger partial charge in [0.2, 0.25) is 0 Å². The normalized spacial score (nSPS) is 13.5. The smallest absolute Gasteiger partial charge is 0.251 e. The number of oxime groups is 1. The van der Waals surface area contributed by atoms with Crippen LogP contribution in [0.15, 0.2) is 65.8 Å². The highest BCUT2D eigenvalue weighted by molar-refractivity contribution is 6.26. The highest BCUT2D eigenvalue weighted by Crippen LogP contribution is 2.42. The van der Waals surface area contributed by atoms with Crippen LogP contribution in [0.1, 0.15) is 27.9 Å². The van der Waals surface area contributed by atoms with Crippen molar-refractivity contribution in [2.24, 2.45) is 5.16 Å². The second-order valence-electron chi connectivity index (χ2n) is 8.45. The number of nitrogens with one attached hydrogen (secondary N) is 2. The van der Waals surface area contributed by atoms with E-state index in [2.05, 4.69) is 20.4 Å². The van der Waals surface area contributed by atoms with E-state index in [9.17, 15) is 10.0 Å². The van der Waals surface area contributed by atoms with E-state index >= 15 is 0 Å². The zero-order valence-corrected chi connectivity index (χ0v) is 18.6. The van der Waals surface area contributed by atoms with Crippen LogP contribution in [0.2, 0.25) is 0 Å². The van der Waals surface area contributed by atoms with Crippen LogP contribution in [0, 0.1) is 0 Å². The topological polar surface area (TPSA) is 93.6 Å². The maximum Gasteiger partial charge on any atom is 0.251 e. The van der Waals surface area contributed by atoms with Gasteiger partial charge in [0.25, 0.3) is 5.91 Å². The quantitative estimate of drug-likeness (QED) is 0.211. The largest absolute Gasteiger partial charge is 0.410 e. The summed E-state index contributed by atoms with van der Waals surface area (Å²) in [4.78, 5) is 22.9. The lowest BCUT2D eigenvalue weighted by Gasteiger charge is -2.09. The molecule has 1 aromatic heterocycles. The first kappa shape index (κ1) is 20.9. The first-order valence-corrected chi connectivity index (χ1v) is 10.9. The molecule has 3 aromatic carbocycles. The van der Waals surface area contributed by atoms with E-state index in [0.717, 1.165) is 51.8 Å². The maximum atomic E-state index is 12.6. The molecule has 33 heavy (non-hydrogen) atoms. The van der Waals surface area contributed by atoms with Gasteiger partial charge in [0.05, 0.1) is 11.0 Å². The summed E-state index contributed by atoms with van der Waals surface area (Å²) in [5, 5.41) is 16.2.